The minimum atomic E-state index is 0.175. The number of benzene rings is 1. The van der Waals surface area contributed by atoms with Crippen molar-refractivity contribution in [2.75, 3.05) is 19.7 Å². The fraction of sp³-hybridized carbons (Fsp3) is 0.625. The second kappa shape index (κ2) is 6.27. The lowest BCUT2D eigenvalue weighted by molar-refractivity contribution is 0.217. The molecule has 1 aromatic rings. The number of nitrogens with one attached hydrogen (secondary N) is 1. The van der Waals surface area contributed by atoms with Gasteiger partial charge < -0.3 is 10.1 Å². The maximum Gasteiger partial charge on any atom is 0.133 e. The molecule has 0 aromatic heterocycles. The Labute approximate surface area is 125 Å². The van der Waals surface area contributed by atoms with E-state index in [0.717, 1.165) is 29.9 Å². The molecule has 0 amide bonds. The average Bonchev–Trinajstić information content (AvgIpc) is 2.37. The topological polar surface area (TPSA) is 21.3 Å². The molecule has 1 saturated heterocycles. The minimum Gasteiger partial charge on any atom is -0.492 e. The van der Waals surface area contributed by atoms with Gasteiger partial charge in [0, 0.05) is 12.5 Å². The van der Waals surface area contributed by atoms with Crippen LogP contribution in [0, 0.1) is 5.92 Å². The number of hydrogen-bond donors (Lipinski definition) is 1. The molecule has 1 atom stereocenters. The van der Waals surface area contributed by atoms with E-state index in [9.17, 15) is 0 Å². The van der Waals surface area contributed by atoms with Gasteiger partial charge in [-0.25, -0.2) is 0 Å². The Hall–Kier alpha value is -0.540. The summed E-state index contributed by atoms with van der Waals surface area (Å²) in [7, 11) is 0. The Balaban J connectivity index is 1.97. The Bertz CT molecular complexity index is 419. The zero-order chi connectivity index (χ0) is 13.9. The van der Waals surface area contributed by atoms with Crippen LogP contribution in [-0.2, 0) is 5.41 Å². The van der Waals surface area contributed by atoms with Crippen LogP contribution in [0.3, 0.4) is 0 Å². The van der Waals surface area contributed by atoms with Crippen molar-refractivity contribution in [1.29, 1.82) is 0 Å². The van der Waals surface area contributed by atoms with E-state index in [0.29, 0.717) is 5.92 Å². The molecule has 3 heteroatoms. The molecule has 0 radical (unpaired) electrons. The summed E-state index contributed by atoms with van der Waals surface area (Å²) in [4.78, 5) is 0. The summed E-state index contributed by atoms with van der Waals surface area (Å²) in [6.07, 6.45) is 2.53. The molecule has 1 unspecified atom stereocenters. The van der Waals surface area contributed by atoms with Gasteiger partial charge >= 0.3 is 0 Å². The molecule has 1 aromatic carbocycles. The first-order valence-electron chi connectivity index (χ1n) is 7.10. The number of halogens is 1. The van der Waals surface area contributed by atoms with E-state index in [1.165, 1.54) is 18.4 Å². The van der Waals surface area contributed by atoms with Crippen molar-refractivity contribution in [1.82, 2.24) is 5.32 Å². The Morgan fingerprint density at radius 2 is 2.16 bits per heavy atom. The molecule has 1 aliphatic heterocycles. The SMILES string of the molecule is CC(C)(C)c1ccc(OCC2CCCNC2)c(Br)c1. The van der Waals surface area contributed by atoms with Crippen LogP contribution in [0.15, 0.2) is 22.7 Å². The number of ether oxygens (including phenoxy) is 1. The van der Waals surface area contributed by atoms with E-state index in [1.807, 2.05) is 0 Å². The third-order valence-electron chi connectivity index (χ3n) is 3.67. The van der Waals surface area contributed by atoms with Gasteiger partial charge in [-0.1, -0.05) is 26.8 Å². The lowest BCUT2D eigenvalue weighted by atomic mass is 9.87. The third-order valence-corrected chi connectivity index (χ3v) is 4.29. The summed E-state index contributed by atoms with van der Waals surface area (Å²) >= 11 is 3.62. The monoisotopic (exact) mass is 325 g/mol. The molecular formula is C16H24BrNO. The summed E-state index contributed by atoms with van der Waals surface area (Å²) in [5.74, 6) is 1.60. The van der Waals surface area contributed by atoms with Gasteiger partial charge in [-0.05, 0) is 58.4 Å². The summed E-state index contributed by atoms with van der Waals surface area (Å²) in [5, 5.41) is 3.42. The molecule has 19 heavy (non-hydrogen) atoms. The first-order chi connectivity index (χ1) is 8.97. The molecule has 0 spiro atoms. The quantitative estimate of drug-likeness (QED) is 0.902. The molecule has 1 fully saturated rings. The highest BCUT2D eigenvalue weighted by molar-refractivity contribution is 9.10. The van der Waals surface area contributed by atoms with E-state index in [-0.39, 0.29) is 5.41 Å². The fourth-order valence-electron chi connectivity index (χ4n) is 2.36. The predicted octanol–water partition coefficient (Wildman–Crippen LogP) is 4.13. The van der Waals surface area contributed by atoms with E-state index in [1.54, 1.807) is 0 Å². The van der Waals surface area contributed by atoms with Gasteiger partial charge in [-0.15, -0.1) is 0 Å². The normalized spacial score (nSPS) is 20.3. The molecule has 2 rings (SSSR count). The number of rotatable bonds is 3. The lowest BCUT2D eigenvalue weighted by Crippen LogP contribution is -2.33. The van der Waals surface area contributed by atoms with Gasteiger partial charge in [-0.3, -0.25) is 0 Å². The van der Waals surface area contributed by atoms with Crippen molar-refractivity contribution < 1.29 is 4.74 Å². The molecule has 0 aliphatic carbocycles. The zero-order valence-electron chi connectivity index (χ0n) is 12.1. The molecule has 1 aliphatic rings. The van der Waals surface area contributed by atoms with Crippen LogP contribution in [0.5, 0.6) is 5.75 Å². The van der Waals surface area contributed by atoms with Gasteiger partial charge in [0.1, 0.15) is 5.75 Å². The second-order valence-corrected chi connectivity index (χ2v) is 7.27. The van der Waals surface area contributed by atoms with Crippen molar-refractivity contribution in [3.8, 4) is 5.75 Å². The smallest absolute Gasteiger partial charge is 0.133 e. The molecule has 0 bridgehead atoms. The maximum absolute atomic E-state index is 5.96. The molecule has 1 N–H and O–H groups in total. The highest BCUT2D eigenvalue weighted by Gasteiger charge is 2.17. The molecule has 2 nitrogen and oxygen atoms in total. The fourth-order valence-corrected chi connectivity index (χ4v) is 2.85. The average molecular weight is 326 g/mol. The summed E-state index contributed by atoms with van der Waals surface area (Å²) in [6, 6.07) is 6.43. The molecule has 106 valence electrons. The largest absolute Gasteiger partial charge is 0.492 e. The van der Waals surface area contributed by atoms with Gasteiger partial charge in [0.15, 0.2) is 0 Å². The van der Waals surface area contributed by atoms with Gasteiger partial charge in [0.05, 0.1) is 11.1 Å². The summed E-state index contributed by atoms with van der Waals surface area (Å²) in [6.45, 7) is 9.72. The van der Waals surface area contributed by atoms with Crippen LogP contribution in [0.1, 0.15) is 39.2 Å². The minimum absolute atomic E-state index is 0.175. The third kappa shape index (κ3) is 4.22. The van der Waals surface area contributed by atoms with Crippen LogP contribution >= 0.6 is 15.9 Å². The Morgan fingerprint density at radius 1 is 1.37 bits per heavy atom. The summed E-state index contributed by atoms with van der Waals surface area (Å²) < 4.78 is 7.02. The Kier molecular flexibility index (Phi) is 4.91. The number of hydrogen-bond acceptors (Lipinski definition) is 2. The van der Waals surface area contributed by atoms with Gasteiger partial charge in [0.2, 0.25) is 0 Å². The van der Waals surface area contributed by atoms with Gasteiger partial charge in [-0.2, -0.15) is 0 Å². The first kappa shape index (κ1) is 14.9. The lowest BCUT2D eigenvalue weighted by Gasteiger charge is -2.24. The molecule has 1 heterocycles. The summed E-state index contributed by atoms with van der Waals surface area (Å²) in [5.41, 5.74) is 1.50. The van der Waals surface area contributed by atoms with E-state index in [4.69, 9.17) is 4.74 Å². The van der Waals surface area contributed by atoms with Crippen LogP contribution in [0.25, 0.3) is 0 Å². The van der Waals surface area contributed by atoms with Crippen LogP contribution < -0.4 is 10.1 Å². The van der Waals surface area contributed by atoms with Crippen molar-refractivity contribution in [3.63, 3.8) is 0 Å². The van der Waals surface area contributed by atoms with Crippen LogP contribution in [0.2, 0.25) is 0 Å². The van der Waals surface area contributed by atoms with Crippen molar-refractivity contribution in [2.24, 2.45) is 5.92 Å². The highest BCUT2D eigenvalue weighted by Crippen LogP contribution is 2.31. The van der Waals surface area contributed by atoms with E-state index in [2.05, 4.69) is 60.2 Å². The predicted molar refractivity (Wildman–Crippen MR) is 83.9 cm³/mol. The second-order valence-electron chi connectivity index (χ2n) is 6.42. The zero-order valence-corrected chi connectivity index (χ0v) is 13.7. The van der Waals surface area contributed by atoms with E-state index < -0.39 is 0 Å². The Morgan fingerprint density at radius 3 is 2.74 bits per heavy atom. The van der Waals surface area contributed by atoms with Crippen molar-refractivity contribution >= 4 is 15.9 Å². The standard InChI is InChI=1S/C16H24BrNO/c1-16(2,3)13-6-7-15(14(17)9-13)19-11-12-5-4-8-18-10-12/h6-7,9,12,18H,4-5,8,10-11H2,1-3H3. The maximum atomic E-state index is 5.96. The van der Waals surface area contributed by atoms with Gasteiger partial charge in [0.25, 0.3) is 0 Å². The highest BCUT2D eigenvalue weighted by atomic mass is 79.9. The first-order valence-corrected chi connectivity index (χ1v) is 7.89. The van der Waals surface area contributed by atoms with Crippen LogP contribution in [-0.4, -0.2) is 19.7 Å². The van der Waals surface area contributed by atoms with Crippen molar-refractivity contribution in [2.45, 2.75) is 39.0 Å². The van der Waals surface area contributed by atoms with Crippen molar-refractivity contribution in [3.05, 3.63) is 28.2 Å². The molecule has 0 saturated carbocycles. The number of piperidine rings is 1. The van der Waals surface area contributed by atoms with Crippen LogP contribution in [0.4, 0.5) is 0 Å². The van der Waals surface area contributed by atoms with E-state index >= 15 is 0 Å². The molecular weight excluding hydrogens is 302 g/mol.